The second kappa shape index (κ2) is 9.76. The standard InChI is InChI=1S/C23H27N3O5S2/c1-16-6-11-19-21(15-16)32-23(25(19)13-14-30-2)24-22(27)20-5-4-12-26(20)33(28,29)18-9-7-17(31-3)8-10-18/h6-11,15,20H,4-5,12-14H2,1-3H3. The molecule has 10 heteroatoms. The summed E-state index contributed by atoms with van der Waals surface area (Å²) in [7, 11) is -0.682. The summed E-state index contributed by atoms with van der Waals surface area (Å²) in [5, 5.41) is 0. The van der Waals surface area contributed by atoms with E-state index in [9.17, 15) is 13.2 Å². The number of sulfonamides is 1. The third-order valence-corrected chi connectivity index (χ3v) is 8.68. The highest BCUT2D eigenvalue weighted by Crippen LogP contribution is 2.28. The number of aryl methyl sites for hydroxylation is 1. The zero-order valence-corrected chi connectivity index (χ0v) is 20.5. The molecule has 0 radical (unpaired) electrons. The largest absolute Gasteiger partial charge is 0.497 e. The summed E-state index contributed by atoms with van der Waals surface area (Å²) in [5.74, 6) is 0.123. The van der Waals surface area contributed by atoms with Gasteiger partial charge in [-0.15, -0.1) is 0 Å². The first-order valence-corrected chi connectivity index (χ1v) is 12.9. The lowest BCUT2D eigenvalue weighted by molar-refractivity contribution is -0.121. The van der Waals surface area contributed by atoms with E-state index in [-0.39, 0.29) is 11.4 Å². The lowest BCUT2D eigenvalue weighted by Crippen LogP contribution is -2.40. The quantitative estimate of drug-likeness (QED) is 0.509. The molecule has 1 amide bonds. The maximum Gasteiger partial charge on any atom is 0.266 e. The van der Waals surface area contributed by atoms with Gasteiger partial charge in [0.2, 0.25) is 10.0 Å². The van der Waals surface area contributed by atoms with E-state index in [0.29, 0.717) is 36.5 Å². The summed E-state index contributed by atoms with van der Waals surface area (Å²) >= 11 is 1.42. The maximum absolute atomic E-state index is 13.3. The van der Waals surface area contributed by atoms with Crippen molar-refractivity contribution in [3.8, 4) is 5.75 Å². The van der Waals surface area contributed by atoms with Gasteiger partial charge in [0, 0.05) is 20.2 Å². The van der Waals surface area contributed by atoms with Gasteiger partial charge in [0.25, 0.3) is 5.91 Å². The van der Waals surface area contributed by atoms with Crippen molar-refractivity contribution in [2.45, 2.75) is 37.2 Å². The molecule has 0 saturated carbocycles. The van der Waals surface area contributed by atoms with Crippen LogP contribution in [-0.4, -0.2) is 56.6 Å². The average molecular weight is 490 g/mol. The van der Waals surface area contributed by atoms with Crippen molar-refractivity contribution in [1.82, 2.24) is 8.87 Å². The molecule has 1 atom stereocenters. The number of aromatic nitrogens is 1. The van der Waals surface area contributed by atoms with Crippen LogP contribution in [0.15, 0.2) is 52.4 Å². The van der Waals surface area contributed by atoms with E-state index in [1.165, 1.54) is 34.9 Å². The molecule has 0 bridgehead atoms. The molecule has 1 aliphatic rings. The van der Waals surface area contributed by atoms with Gasteiger partial charge in [-0.2, -0.15) is 9.30 Å². The molecule has 0 aliphatic carbocycles. The number of rotatable bonds is 7. The van der Waals surface area contributed by atoms with Crippen molar-refractivity contribution in [1.29, 1.82) is 0 Å². The van der Waals surface area contributed by atoms with E-state index in [1.807, 2.05) is 23.6 Å². The second-order valence-electron chi connectivity index (χ2n) is 7.90. The van der Waals surface area contributed by atoms with Gasteiger partial charge in [-0.1, -0.05) is 17.4 Å². The van der Waals surface area contributed by atoms with Crippen LogP contribution in [0.1, 0.15) is 18.4 Å². The van der Waals surface area contributed by atoms with Crippen LogP contribution >= 0.6 is 11.3 Å². The third kappa shape index (κ3) is 4.74. The van der Waals surface area contributed by atoms with Gasteiger partial charge in [-0.05, 0) is 61.7 Å². The summed E-state index contributed by atoms with van der Waals surface area (Å²) in [5.41, 5.74) is 2.09. The van der Waals surface area contributed by atoms with Gasteiger partial charge in [0.15, 0.2) is 4.80 Å². The second-order valence-corrected chi connectivity index (χ2v) is 10.8. The lowest BCUT2D eigenvalue weighted by Gasteiger charge is -2.21. The Morgan fingerprint density at radius 2 is 1.94 bits per heavy atom. The van der Waals surface area contributed by atoms with Crippen LogP contribution in [0.25, 0.3) is 10.2 Å². The van der Waals surface area contributed by atoms with Gasteiger partial charge in [0.1, 0.15) is 11.8 Å². The van der Waals surface area contributed by atoms with Crippen LogP contribution in [-0.2, 0) is 26.1 Å². The predicted octanol–water partition coefficient (Wildman–Crippen LogP) is 2.95. The number of hydrogen-bond donors (Lipinski definition) is 0. The summed E-state index contributed by atoms with van der Waals surface area (Å²) in [6.07, 6.45) is 1.05. The number of benzene rings is 2. The van der Waals surface area contributed by atoms with Crippen molar-refractivity contribution in [2.24, 2.45) is 4.99 Å². The summed E-state index contributed by atoms with van der Waals surface area (Å²) < 4.78 is 41.1. The number of carbonyl (C=O) groups is 1. The Morgan fingerprint density at radius 3 is 2.64 bits per heavy atom. The number of hydrogen-bond acceptors (Lipinski definition) is 6. The fourth-order valence-electron chi connectivity index (χ4n) is 3.99. The van der Waals surface area contributed by atoms with Crippen molar-refractivity contribution < 1.29 is 22.7 Å². The first-order chi connectivity index (χ1) is 15.8. The van der Waals surface area contributed by atoms with E-state index < -0.39 is 22.0 Å². The summed E-state index contributed by atoms with van der Waals surface area (Å²) in [6.45, 7) is 3.32. The zero-order chi connectivity index (χ0) is 23.6. The zero-order valence-electron chi connectivity index (χ0n) is 18.9. The molecule has 0 N–H and O–H groups in total. The van der Waals surface area contributed by atoms with Crippen molar-refractivity contribution in [3.63, 3.8) is 0 Å². The molecular formula is C23H27N3O5S2. The number of carbonyl (C=O) groups excluding carboxylic acids is 1. The van der Waals surface area contributed by atoms with Gasteiger partial charge >= 0.3 is 0 Å². The Kier molecular flexibility index (Phi) is 6.99. The van der Waals surface area contributed by atoms with Gasteiger partial charge in [-0.3, -0.25) is 4.79 Å². The number of ether oxygens (including phenoxy) is 2. The van der Waals surface area contributed by atoms with Crippen molar-refractivity contribution in [2.75, 3.05) is 27.4 Å². The number of thiazole rings is 1. The van der Waals surface area contributed by atoms with Crippen LogP contribution in [0.4, 0.5) is 0 Å². The average Bonchev–Trinajstić information content (AvgIpc) is 3.43. The number of amides is 1. The van der Waals surface area contributed by atoms with E-state index >= 15 is 0 Å². The predicted molar refractivity (Wildman–Crippen MR) is 127 cm³/mol. The molecule has 0 spiro atoms. The Balaban J connectivity index is 1.69. The maximum atomic E-state index is 13.3. The first-order valence-electron chi connectivity index (χ1n) is 10.7. The fourth-order valence-corrected chi connectivity index (χ4v) is 6.80. The Morgan fingerprint density at radius 1 is 1.18 bits per heavy atom. The van der Waals surface area contributed by atoms with Crippen LogP contribution in [0.2, 0.25) is 0 Å². The van der Waals surface area contributed by atoms with Crippen LogP contribution in [0.5, 0.6) is 5.75 Å². The van der Waals surface area contributed by atoms with Crippen LogP contribution in [0.3, 0.4) is 0 Å². The molecule has 1 unspecified atom stereocenters. The highest BCUT2D eigenvalue weighted by Gasteiger charge is 2.39. The topological polar surface area (TPSA) is 90.2 Å². The molecule has 4 rings (SSSR count). The van der Waals surface area contributed by atoms with E-state index in [1.54, 1.807) is 19.2 Å². The molecule has 2 aromatic carbocycles. The smallest absolute Gasteiger partial charge is 0.266 e. The molecule has 1 saturated heterocycles. The molecule has 2 heterocycles. The summed E-state index contributed by atoms with van der Waals surface area (Å²) in [6, 6.07) is 11.5. The van der Waals surface area contributed by atoms with E-state index in [0.717, 1.165) is 15.8 Å². The molecular weight excluding hydrogens is 462 g/mol. The SMILES string of the molecule is COCCn1c(=NC(=O)C2CCCN2S(=O)(=O)c2ccc(OC)cc2)sc2cc(C)ccc21. The van der Waals surface area contributed by atoms with Gasteiger partial charge < -0.3 is 14.0 Å². The normalized spacial score (nSPS) is 17.7. The van der Waals surface area contributed by atoms with Crippen molar-refractivity contribution in [3.05, 3.63) is 52.8 Å². The molecule has 3 aromatic rings. The molecule has 8 nitrogen and oxygen atoms in total. The Bertz CT molecular complexity index is 1330. The monoisotopic (exact) mass is 489 g/mol. The highest BCUT2D eigenvalue weighted by atomic mass is 32.2. The molecule has 176 valence electrons. The lowest BCUT2D eigenvalue weighted by atomic mass is 10.2. The molecule has 33 heavy (non-hydrogen) atoms. The van der Waals surface area contributed by atoms with Gasteiger partial charge in [0.05, 0.1) is 28.8 Å². The third-order valence-electron chi connectivity index (χ3n) is 5.72. The van der Waals surface area contributed by atoms with Gasteiger partial charge in [-0.25, -0.2) is 8.42 Å². The van der Waals surface area contributed by atoms with Crippen LogP contribution in [0, 0.1) is 6.92 Å². The minimum atomic E-state index is -3.83. The van der Waals surface area contributed by atoms with Crippen molar-refractivity contribution >= 4 is 37.5 Å². The molecule has 1 aliphatic heterocycles. The minimum Gasteiger partial charge on any atom is -0.497 e. The van der Waals surface area contributed by atoms with Crippen LogP contribution < -0.4 is 9.54 Å². The minimum absolute atomic E-state index is 0.135. The Hall–Kier alpha value is -2.53. The first kappa shape index (κ1) is 23.6. The Labute approximate surface area is 197 Å². The van der Waals surface area contributed by atoms with E-state index in [4.69, 9.17) is 9.47 Å². The number of fused-ring (bicyclic) bond motifs is 1. The highest BCUT2D eigenvalue weighted by molar-refractivity contribution is 7.89. The number of methoxy groups -OCH3 is 2. The van der Waals surface area contributed by atoms with E-state index in [2.05, 4.69) is 11.1 Å². The fraction of sp³-hybridized carbons (Fsp3) is 0.391. The number of nitrogens with zero attached hydrogens (tertiary/aromatic N) is 3. The summed E-state index contributed by atoms with van der Waals surface area (Å²) in [4.78, 5) is 18.3. The molecule has 1 aromatic heterocycles. The molecule has 1 fully saturated rings.